The van der Waals surface area contributed by atoms with E-state index in [2.05, 4.69) is 5.32 Å². The molecule has 0 aliphatic rings. The van der Waals surface area contributed by atoms with Gasteiger partial charge in [-0.3, -0.25) is 14.9 Å². The van der Waals surface area contributed by atoms with E-state index >= 15 is 0 Å². The molecule has 0 spiro atoms. The van der Waals surface area contributed by atoms with Crippen LogP contribution in [0.1, 0.15) is 16.8 Å². The number of carbonyl (C=O) groups excluding carboxylic acids is 1. The Morgan fingerprint density at radius 3 is 2.56 bits per heavy atom. The molecule has 0 radical (unpaired) electrons. The molecule has 0 aliphatic carbocycles. The number of nitrogens with one attached hydrogen (secondary N) is 1. The van der Waals surface area contributed by atoms with Crippen LogP contribution in [-0.4, -0.2) is 17.4 Å². The van der Waals surface area contributed by atoms with Gasteiger partial charge in [-0.2, -0.15) is 5.26 Å². The lowest BCUT2D eigenvalue weighted by atomic mass is 10.2. The minimum atomic E-state index is -0.530. The number of amides is 1. The molecule has 0 heterocycles. The summed E-state index contributed by atoms with van der Waals surface area (Å²) in [5.41, 5.74) is 0.275. The number of nitro groups is 1. The van der Waals surface area contributed by atoms with Crippen LogP contribution in [-0.2, 0) is 0 Å². The summed E-state index contributed by atoms with van der Waals surface area (Å²) in [5.74, 6) is -0.342. The number of nitriles is 1. The molecule has 1 N–H and O–H groups in total. The predicted molar refractivity (Wildman–Crippen MR) is 55.7 cm³/mol. The topological polar surface area (TPSA) is 96.0 Å². The zero-order chi connectivity index (χ0) is 12.0. The van der Waals surface area contributed by atoms with E-state index in [0.717, 1.165) is 0 Å². The molecule has 0 unspecified atom stereocenters. The molecule has 1 aromatic rings. The molecule has 6 heteroatoms. The van der Waals surface area contributed by atoms with Crippen molar-refractivity contribution in [1.29, 1.82) is 5.26 Å². The van der Waals surface area contributed by atoms with Gasteiger partial charge < -0.3 is 5.32 Å². The first kappa shape index (κ1) is 11.7. The molecular formula is C10H9N3O3. The summed E-state index contributed by atoms with van der Waals surface area (Å²) in [7, 11) is 0. The molecule has 1 rings (SSSR count). The number of nitro benzene ring substituents is 1. The van der Waals surface area contributed by atoms with Crippen molar-refractivity contribution in [2.45, 2.75) is 6.42 Å². The Balaban J connectivity index is 2.64. The largest absolute Gasteiger partial charge is 0.351 e. The van der Waals surface area contributed by atoms with Crippen LogP contribution in [0.4, 0.5) is 5.69 Å². The fraction of sp³-hybridized carbons (Fsp3) is 0.200. The second-order valence-electron chi connectivity index (χ2n) is 2.97. The van der Waals surface area contributed by atoms with Crippen molar-refractivity contribution in [3.8, 4) is 6.07 Å². The zero-order valence-electron chi connectivity index (χ0n) is 8.34. The third-order valence-corrected chi connectivity index (χ3v) is 1.86. The minimum absolute atomic E-state index is 0.0615. The molecule has 1 amide bonds. The Morgan fingerprint density at radius 1 is 1.44 bits per heavy atom. The van der Waals surface area contributed by atoms with Crippen LogP contribution in [0.3, 0.4) is 0 Å². The molecule has 0 atom stereocenters. The molecular weight excluding hydrogens is 210 g/mol. The lowest BCUT2D eigenvalue weighted by Gasteiger charge is -2.01. The highest BCUT2D eigenvalue weighted by Crippen LogP contribution is 2.11. The molecule has 0 fully saturated rings. The van der Waals surface area contributed by atoms with Gasteiger partial charge in [-0.25, -0.2) is 0 Å². The van der Waals surface area contributed by atoms with Gasteiger partial charge in [0.2, 0.25) is 0 Å². The Hall–Kier alpha value is -2.42. The number of non-ortho nitro benzene ring substituents is 1. The third-order valence-electron chi connectivity index (χ3n) is 1.86. The highest BCUT2D eigenvalue weighted by Gasteiger charge is 2.08. The summed E-state index contributed by atoms with van der Waals surface area (Å²) in [6.45, 7) is 0.270. The van der Waals surface area contributed by atoms with Gasteiger partial charge in [0.1, 0.15) is 0 Å². The van der Waals surface area contributed by atoms with Crippen LogP contribution in [0.15, 0.2) is 24.3 Å². The van der Waals surface area contributed by atoms with Crippen LogP contribution < -0.4 is 5.32 Å². The summed E-state index contributed by atoms with van der Waals surface area (Å²) in [6.07, 6.45) is 0.235. The molecule has 82 valence electrons. The maximum absolute atomic E-state index is 11.4. The Bertz CT molecular complexity index is 434. The standard InChI is InChI=1S/C10H9N3O3/c11-6-1-7-12-10(14)8-2-4-9(5-3-8)13(15)16/h2-5H,1,7H2,(H,12,14). The molecule has 6 nitrogen and oxygen atoms in total. The first-order valence-corrected chi connectivity index (χ1v) is 4.54. The van der Waals surface area contributed by atoms with Gasteiger partial charge in [-0.1, -0.05) is 0 Å². The Morgan fingerprint density at radius 2 is 2.06 bits per heavy atom. The van der Waals surface area contributed by atoms with E-state index in [1.54, 1.807) is 0 Å². The number of hydrogen-bond acceptors (Lipinski definition) is 4. The van der Waals surface area contributed by atoms with Gasteiger partial charge in [-0.15, -0.1) is 0 Å². The summed E-state index contributed by atoms with van der Waals surface area (Å²) >= 11 is 0. The number of benzene rings is 1. The fourth-order valence-corrected chi connectivity index (χ4v) is 1.07. The number of hydrogen-bond donors (Lipinski definition) is 1. The van der Waals surface area contributed by atoms with E-state index in [-0.39, 0.29) is 24.6 Å². The lowest BCUT2D eigenvalue weighted by molar-refractivity contribution is -0.384. The van der Waals surface area contributed by atoms with Gasteiger partial charge in [0.15, 0.2) is 0 Å². The van der Waals surface area contributed by atoms with Gasteiger partial charge in [0, 0.05) is 24.2 Å². The van der Waals surface area contributed by atoms with Crippen molar-refractivity contribution >= 4 is 11.6 Å². The van der Waals surface area contributed by atoms with Gasteiger partial charge in [0.05, 0.1) is 17.4 Å². The first-order chi connectivity index (χ1) is 7.65. The van der Waals surface area contributed by atoms with E-state index in [1.165, 1.54) is 24.3 Å². The summed E-state index contributed by atoms with van der Waals surface area (Å²) in [4.78, 5) is 21.2. The van der Waals surface area contributed by atoms with Crippen LogP contribution in [0, 0.1) is 21.4 Å². The van der Waals surface area contributed by atoms with E-state index < -0.39 is 4.92 Å². The number of nitrogens with zero attached hydrogens (tertiary/aromatic N) is 2. The molecule has 0 aliphatic heterocycles. The van der Waals surface area contributed by atoms with Gasteiger partial charge in [0.25, 0.3) is 11.6 Å². The van der Waals surface area contributed by atoms with E-state index in [9.17, 15) is 14.9 Å². The van der Waals surface area contributed by atoms with Crippen LogP contribution in [0.25, 0.3) is 0 Å². The van der Waals surface area contributed by atoms with Crippen molar-refractivity contribution in [1.82, 2.24) is 5.32 Å². The highest BCUT2D eigenvalue weighted by molar-refractivity contribution is 5.94. The normalized spacial score (nSPS) is 9.19. The Labute approximate surface area is 91.6 Å². The zero-order valence-corrected chi connectivity index (χ0v) is 8.34. The number of rotatable bonds is 4. The predicted octanol–water partition coefficient (Wildman–Crippen LogP) is 1.24. The molecule has 16 heavy (non-hydrogen) atoms. The van der Waals surface area contributed by atoms with Crippen LogP contribution >= 0.6 is 0 Å². The molecule has 0 saturated heterocycles. The fourth-order valence-electron chi connectivity index (χ4n) is 1.07. The average Bonchev–Trinajstić information content (AvgIpc) is 2.29. The smallest absolute Gasteiger partial charge is 0.269 e. The molecule has 0 bridgehead atoms. The van der Waals surface area contributed by atoms with Crippen molar-refractivity contribution < 1.29 is 9.72 Å². The highest BCUT2D eigenvalue weighted by atomic mass is 16.6. The lowest BCUT2D eigenvalue weighted by Crippen LogP contribution is -2.24. The van der Waals surface area contributed by atoms with Crippen LogP contribution in [0.5, 0.6) is 0 Å². The average molecular weight is 219 g/mol. The molecule has 0 saturated carbocycles. The van der Waals surface area contributed by atoms with E-state index in [1.807, 2.05) is 6.07 Å². The SMILES string of the molecule is N#CCCNC(=O)c1ccc([N+](=O)[O-])cc1. The van der Waals surface area contributed by atoms with Crippen molar-refractivity contribution in [2.24, 2.45) is 0 Å². The van der Waals surface area contributed by atoms with Gasteiger partial charge >= 0.3 is 0 Å². The van der Waals surface area contributed by atoms with Gasteiger partial charge in [-0.05, 0) is 12.1 Å². The van der Waals surface area contributed by atoms with E-state index in [4.69, 9.17) is 5.26 Å². The second-order valence-corrected chi connectivity index (χ2v) is 2.97. The first-order valence-electron chi connectivity index (χ1n) is 4.54. The van der Waals surface area contributed by atoms with Crippen molar-refractivity contribution in [3.05, 3.63) is 39.9 Å². The summed E-state index contributed by atoms with van der Waals surface area (Å²) in [6, 6.07) is 7.17. The third kappa shape index (κ3) is 3.06. The van der Waals surface area contributed by atoms with E-state index in [0.29, 0.717) is 5.56 Å². The quantitative estimate of drug-likeness (QED) is 0.468. The summed E-state index contributed by atoms with van der Waals surface area (Å²) in [5, 5.41) is 21.2. The maximum Gasteiger partial charge on any atom is 0.269 e. The molecule has 1 aromatic carbocycles. The number of carbonyl (C=O) groups is 1. The monoisotopic (exact) mass is 219 g/mol. The molecule has 0 aromatic heterocycles. The van der Waals surface area contributed by atoms with Crippen molar-refractivity contribution in [2.75, 3.05) is 6.54 Å². The minimum Gasteiger partial charge on any atom is -0.351 e. The summed E-state index contributed by atoms with van der Waals surface area (Å²) < 4.78 is 0. The maximum atomic E-state index is 11.4. The second kappa shape index (κ2) is 5.46. The van der Waals surface area contributed by atoms with Crippen LogP contribution in [0.2, 0.25) is 0 Å². The Kier molecular flexibility index (Phi) is 3.98. The van der Waals surface area contributed by atoms with Crippen molar-refractivity contribution in [3.63, 3.8) is 0 Å².